The highest BCUT2D eigenvalue weighted by Gasteiger charge is 2.21. The number of benzene rings is 2. The summed E-state index contributed by atoms with van der Waals surface area (Å²) in [5, 5.41) is 5.91. The number of hydrogen-bond donors (Lipinski definition) is 2. The zero-order valence-electron chi connectivity index (χ0n) is 18.5. The van der Waals surface area contributed by atoms with Crippen molar-refractivity contribution in [2.24, 2.45) is 0 Å². The minimum Gasteiger partial charge on any atom is -0.354 e. The summed E-state index contributed by atoms with van der Waals surface area (Å²) in [6, 6.07) is 17.3. The Bertz CT molecular complexity index is 798. The average Bonchev–Trinajstić information content (AvgIpc) is 2.74. The van der Waals surface area contributed by atoms with E-state index < -0.39 is 6.04 Å². The van der Waals surface area contributed by atoms with E-state index in [4.69, 9.17) is 0 Å². The van der Waals surface area contributed by atoms with Gasteiger partial charge in [0, 0.05) is 12.1 Å². The van der Waals surface area contributed by atoms with Crippen LogP contribution in [-0.2, 0) is 16.6 Å². The van der Waals surface area contributed by atoms with Crippen LogP contribution >= 0.6 is 11.8 Å². The van der Waals surface area contributed by atoms with Crippen LogP contribution in [-0.4, -0.2) is 36.4 Å². The molecule has 2 aromatic rings. The zero-order chi connectivity index (χ0) is 22.0. The van der Waals surface area contributed by atoms with Gasteiger partial charge in [-0.1, -0.05) is 63.2 Å². The second kappa shape index (κ2) is 11.8. The van der Waals surface area contributed by atoms with Gasteiger partial charge < -0.3 is 10.6 Å². The Labute approximate surface area is 185 Å². The maximum Gasteiger partial charge on any atom is 0.251 e. The molecule has 1 unspecified atom stereocenters. The van der Waals surface area contributed by atoms with E-state index in [1.54, 1.807) is 11.8 Å². The zero-order valence-corrected chi connectivity index (χ0v) is 19.4. The lowest BCUT2D eigenvalue weighted by atomic mass is 9.86. The molecular weight excluding hydrogens is 392 g/mol. The molecule has 2 N–H and O–H groups in total. The van der Waals surface area contributed by atoms with Crippen LogP contribution in [0.25, 0.3) is 0 Å². The Balaban J connectivity index is 1.90. The summed E-state index contributed by atoms with van der Waals surface area (Å²) >= 11 is 1.67. The smallest absolute Gasteiger partial charge is 0.251 e. The van der Waals surface area contributed by atoms with E-state index in [0.717, 1.165) is 18.6 Å². The maximum absolute atomic E-state index is 12.7. The van der Waals surface area contributed by atoms with E-state index in [9.17, 15) is 9.59 Å². The normalized spacial score (nSPS) is 12.3. The van der Waals surface area contributed by atoms with Crippen molar-refractivity contribution >= 4 is 23.6 Å². The number of aryl methyl sites for hydroxylation is 1. The topological polar surface area (TPSA) is 58.2 Å². The summed E-state index contributed by atoms with van der Waals surface area (Å²) in [5.74, 6) is 0.489. The molecule has 0 spiro atoms. The molecule has 0 bridgehead atoms. The van der Waals surface area contributed by atoms with Crippen molar-refractivity contribution in [3.05, 3.63) is 71.3 Å². The number of nitrogens with one attached hydrogen (secondary N) is 2. The van der Waals surface area contributed by atoms with Crippen molar-refractivity contribution < 1.29 is 9.59 Å². The first kappa shape index (κ1) is 24.0. The van der Waals surface area contributed by atoms with Crippen LogP contribution in [0.4, 0.5) is 0 Å². The molecule has 1 atom stereocenters. The van der Waals surface area contributed by atoms with E-state index in [2.05, 4.69) is 43.5 Å². The molecule has 30 heavy (non-hydrogen) atoms. The molecule has 0 fully saturated rings. The summed E-state index contributed by atoms with van der Waals surface area (Å²) in [7, 11) is 0. The molecule has 0 aliphatic carbocycles. The number of amides is 2. The van der Waals surface area contributed by atoms with Gasteiger partial charge in [-0.25, -0.2) is 0 Å². The molecule has 2 amide bonds. The summed E-state index contributed by atoms with van der Waals surface area (Å²) in [6.45, 7) is 7.02. The standard InChI is InChI=1S/C25H34N2O2S/c1-25(2,3)21-14-12-20(13-15-21)23(28)27-22(16-18-30-4)24(29)26-17-8-11-19-9-6-5-7-10-19/h5-7,9-10,12-15,22H,8,11,16-18H2,1-4H3,(H,26,29)(H,27,28). The summed E-state index contributed by atoms with van der Waals surface area (Å²) < 4.78 is 0. The third-order valence-corrected chi connectivity index (χ3v) is 5.67. The Kier molecular flexibility index (Phi) is 9.44. The van der Waals surface area contributed by atoms with Crippen molar-refractivity contribution in [1.82, 2.24) is 10.6 Å². The van der Waals surface area contributed by atoms with Gasteiger partial charge in [-0.2, -0.15) is 11.8 Å². The van der Waals surface area contributed by atoms with E-state index >= 15 is 0 Å². The van der Waals surface area contributed by atoms with E-state index in [-0.39, 0.29) is 17.2 Å². The predicted molar refractivity (Wildman–Crippen MR) is 127 cm³/mol. The molecular formula is C25H34N2O2S. The first-order valence-electron chi connectivity index (χ1n) is 10.5. The Morgan fingerprint density at radius 1 is 1.00 bits per heavy atom. The molecule has 0 aromatic heterocycles. The largest absolute Gasteiger partial charge is 0.354 e. The molecule has 0 heterocycles. The molecule has 4 nitrogen and oxygen atoms in total. The monoisotopic (exact) mass is 426 g/mol. The van der Waals surface area contributed by atoms with Crippen molar-refractivity contribution in [2.45, 2.75) is 51.5 Å². The molecule has 162 valence electrons. The third-order valence-electron chi connectivity index (χ3n) is 5.03. The molecule has 0 aliphatic heterocycles. The highest BCUT2D eigenvalue weighted by Crippen LogP contribution is 2.22. The fourth-order valence-electron chi connectivity index (χ4n) is 3.14. The lowest BCUT2D eigenvalue weighted by Gasteiger charge is -2.20. The van der Waals surface area contributed by atoms with Gasteiger partial charge in [-0.05, 0) is 59.9 Å². The van der Waals surface area contributed by atoms with E-state index in [1.165, 1.54) is 11.1 Å². The fourth-order valence-corrected chi connectivity index (χ4v) is 3.61. The Hall–Kier alpha value is -2.27. The Morgan fingerprint density at radius 3 is 2.27 bits per heavy atom. The SMILES string of the molecule is CSCCC(NC(=O)c1ccc(C(C)(C)C)cc1)C(=O)NCCCc1ccccc1. The summed E-state index contributed by atoms with van der Waals surface area (Å²) in [4.78, 5) is 25.4. The lowest BCUT2D eigenvalue weighted by molar-refractivity contribution is -0.123. The number of carbonyl (C=O) groups is 2. The molecule has 0 saturated carbocycles. The second-order valence-corrected chi connectivity index (χ2v) is 9.50. The second-order valence-electron chi connectivity index (χ2n) is 8.52. The number of thioether (sulfide) groups is 1. The van der Waals surface area contributed by atoms with Crippen LogP contribution in [0.2, 0.25) is 0 Å². The maximum atomic E-state index is 12.7. The highest BCUT2D eigenvalue weighted by molar-refractivity contribution is 7.98. The molecule has 2 rings (SSSR count). The third kappa shape index (κ3) is 7.86. The summed E-state index contributed by atoms with van der Waals surface area (Å²) in [5.41, 5.74) is 3.05. The van der Waals surface area contributed by atoms with Crippen molar-refractivity contribution in [1.29, 1.82) is 0 Å². The van der Waals surface area contributed by atoms with Crippen LogP contribution in [0.5, 0.6) is 0 Å². The van der Waals surface area contributed by atoms with Crippen LogP contribution in [0.1, 0.15) is 55.1 Å². The number of carbonyl (C=O) groups excluding carboxylic acids is 2. The van der Waals surface area contributed by atoms with Gasteiger partial charge in [-0.15, -0.1) is 0 Å². The summed E-state index contributed by atoms with van der Waals surface area (Å²) in [6.07, 6.45) is 4.40. The first-order chi connectivity index (χ1) is 14.3. The predicted octanol–water partition coefficient (Wildman–Crippen LogP) is 4.58. The average molecular weight is 427 g/mol. The first-order valence-corrected chi connectivity index (χ1v) is 11.9. The Morgan fingerprint density at radius 2 is 1.67 bits per heavy atom. The fraction of sp³-hybridized carbons (Fsp3) is 0.440. The lowest BCUT2D eigenvalue weighted by Crippen LogP contribution is -2.47. The van der Waals surface area contributed by atoms with Gasteiger partial charge in [0.05, 0.1) is 0 Å². The quantitative estimate of drug-likeness (QED) is 0.547. The van der Waals surface area contributed by atoms with Gasteiger partial charge in [0.2, 0.25) is 5.91 Å². The van der Waals surface area contributed by atoms with E-state index in [1.807, 2.05) is 48.7 Å². The van der Waals surface area contributed by atoms with Crippen molar-refractivity contribution in [3.8, 4) is 0 Å². The number of hydrogen-bond acceptors (Lipinski definition) is 3. The van der Waals surface area contributed by atoms with Gasteiger partial charge in [0.15, 0.2) is 0 Å². The van der Waals surface area contributed by atoms with Gasteiger partial charge in [-0.3, -0.25) is 9.59 Å². The van der Waals surface area contributed by atoms with Crippen LogP contribution in [0.3, 0.4) is 0 Å². The minimum atomic E-state index is -0.524. The van der Waals surface area contributed by atoms with Gasteiger partial charge in [0.25, 0.3) is 5.91 Å². The van der Waals surface area contributed by atoms with Crippen LogP contribution < -0.4 is 10.6 Å². The van der Waals surface area contributed by atoms with Crippen LogP contribution in [0, 0.1) is 0 Å². The molecule has 0 saturated heterocycles. The molecule has 0 radical (unpaired) electrons. The van der Waals surface area contributed by atoms with Crippen molar-refractivity contribution in [3.63, 3.8) is 0 Å². The van der Waals surface area contributed by atoms with E-state index in [0.29, 0.717) is 18.5 Å². The van der Waals surface area contributed by atoms with Crippen molar-refractivity contribution in [2.75, 3.05) is 18.6 Å². The minimum absolute atomic E-state index is 0.0372. The number of rotatable bonds is 10. The van der Waals surface area contributed by atoms with Gasteiger partial charge >= 0.3 is 0 Å². The molecule has 0 aliphatic rings. The highest BCUT2D eigenvalue weighted by atomic mass is 32.2. The van der Waals surface area contributed by atoms with Crippen LogP contribution in [0.15, 0.2) is 54.6 Å². The molecule has 2 aromatic carbocycles. The van der Waals surface area contributed by atoms with Gasteiger partial charge in [0.1, 0.15) is 6.04 Å². The molecule has 5 heteroatoms.